The molecule has 25 heavy (non-hydrogen) atoms. The van der Waals surface area contributed by atoms with E-state index in [-0.39, 0.29) is 25.1 Å². The van der Waals surface area contributed by atoms with Gasteiger partial charge in [-0.15, -0.1) is 0 Å². The molecule has 3 aromatic rings. The second-order valence-electron chi connectivity index (χ2n) is 5.91. The number of aliphatic hydroxyl groups excluding tert-OH is 2. The number of rotatable bonds is 7. The van der Waals surface area contributed by atoms with Crippen LogP contribution in [0.25, 0.3) is 21.8 Å². The second-order valence-corrected chi connectivity index (χ2v) is 6.35. The van der Waals surface area contributed by atoms with Crippen molar-refractivity contribution in [1.29, 1.82) is 0 Å². The fraction of sp³-hybridized carbons (Fsp3) is 0.412. The smallest absolute Gasteiger partial charge is 0.262 e. The normalized spacial score (nSPS) is 13.0. The van der Waals surface area contributed by atoms with E-state index in [0.29, 0.717) is 40.2 Å². The maximum Gasteiger partial charge on any atom is 0.262 e. The minimum absolute atomic E-state index is 0.185. The molecule has 134 valence electrons. The number of methoxy groups -OCH3 is 1. The van der Waals surface area contributed by atoms with E-state index in [4.69, 9.17) is 21.4 Å². The topological polar surface area (TPSA) is 100 Å². The molecule has 0 saturated heterocycles. The van der Waals surface area contributed by atoms with Crippen molar-refractivity contribution in [3.63, 3.8) is 0 Å². The molecule has 0 bridgehead atoms. The highest BCUT2D eigenvalue weighted by Gasteiger charge is 2.18. The quantitative estimate of drug-likeness (QED) is 0.588. The van der Waals surface area contributed by atoms with Gasteiger partial charge in [-0.25, -0.2) is 0 Å². The summed E-state index contributed by atoms with van der Waals surface area (Å²) < 4.78 is 6.69. The van der Waals surface area contributed by atoms with Crippen molar-refractivity contribution in [3.8, 4) is 0 Å². The molecule has 0 aliphatic carbocycles. The molecule has 0 aliphatic rings. The summed E-state index contributed by atoms with van der Waals surface area (Å²) >= 11 is 6.13. The van der Waals surface area contributed by atoms with Gasteiger partial charge in [0.05, 0.1) is 35.9 Å². The molecule has 2 aromatic heterocycles. The number of aryl methyl sites for hydroxylation is 1. The number of benzene rings is 1. The van der Waals surface area contributed by atoms with E-state index in [1.165, 1.54) is 0 Å². The molecule has 0 saturated carbocycles. The SMILES string of the molecule is COCCc1[nH]nc2c1c(=O)n(CCC(O)CO)c1ccc(Cl)cc21. The number of nitrogens with zero attached hydrogens (tertiary/aromatic N) is 2. The number of fused-ring (bicyclic) bond motifs is 3. The van der Waals surface area contributed by atoms with Crippen LogP contribution < -0.4 is 5.56 Å². The number of ether oxygens (including phenoxy) is 1. The number of aromatic amines is 1. The zero-order valence-electron chi connectivity index (χ0n) is 13.8. The minimum Gasteiger partial charge on any atom is -0.394 e. The summed E-state index contributed by atoms with van der Waals surface area (Å²) in [5.41, 5.74) is 1.79. The molecule has 0 amide bonds. The second kappa shape index (κ2) is 7.53. The molecule has 3 N–H and O–H groups in total. The molecule has 1 aromatic carbocycles. The largest absolute Gasteiger partial charge is 0.394 e. The molecule has 0 fully saturated rings. The molecule has 0 radical (unpaired) electrons. The Morgan fingerprint density at radius 1 is 1.44 bits per heavy atom. The van der Waals surface area contributed by atoms with E-state index in [9.17, 15) is 9.90 Å². The van der Waals surface area contributed by atoms with E-state index < -0.39 is 6.10 Å². The van der Waals surface area contributed by atoms with Gasteiger partial charge in [0.2, 0.25) is 0 Å². The van der Waals surface area contributed by atoms with Crippen LogP contribution in [0.4, 0.5) is 0 Å². The maximum absolute atomic E-state index is 13.1. The molecule has 8 heteroatoms. The minimum atomic E-state index is -0.873. The number of hydrogen-bond donors (Lipinski definition) is 3. The van der Waals surface area contributed by atoms with E-state index in [0.717, 1.165) is 5.39 Å². The van der Waals surface area contributed by atoms with Gasteiger partial charge in [-0.2, -0.15) is 5.10 Å². The van der Waals surface area contributed by atoms with Crippen molar-refractivity contribution < 1.29 is 14.9 Å². The summed E-state index contributed by atoms with van der Waals surface area (Å²) in [7, 11) is 1.60. The average Bonchev–Trinajstić information content (AvgIpc) is 3.04. The number of pyridine rings is 1. The van der Waals surface area contributed by atoms with Crippen molar-refractivity contribution in [2.24, 2.45) is 0 Å². The number of aliphatic hydroxyl groups is 2. The maximum atomic E-state index is 13.1. The lowest BCUT2D eigenvalue weighted by Gasteiger charge is -2.13. The molecule has 0 aliphatic heterocycles. The Hall–Kier alpha value is -1.93. The van der Waals surface area contributed by atoms with Crippen LogP contribution >= 0.6 is 11.6 Å². The van der Waals surface area contributed by atoms with E-state index in [1.54, 1.807) is 29.9 Å². The van der Waals surface area contributed by atoms with Crippen LogP contribution in [0.3, 0.4) is 0 Å². The zero-order chi connectivity index (χ0) is 18.0. The molecular weight excluding hydrogens is 346 g/mol. The average molecular weight is 366 g/mol. The Morgan fingerprint density at radius 3 is 2.96 bits per heavy atom. The predicted octanol–water partition coefficient (Wildman–Crippen LogP) is 1.46. The third-order valence-corrected chi connectivity index (χ3v) is 4.49. The first kappa shape index (κ1) is 17.9. The van der Waals surface area contributed by atoms with Crippen molar-refractivity contribution in [3.05, 3.63) is 39.3 Å². The first-order valence-corrected chi connectivity index (χ1v) is 8.41. The van der Waals surface area contributed by atoms with Crippen molar-refractivity contribution in [2.75, 3.05) is 20.3 Å². The van der Waals surface area contributed by atoms with Gasteiger partial charge in [0.25, 0.3) is 5.56 Å². The zero-order valence-corrected chi connectivity index (χ0v) is 14.6. The van der Waals surface area contributed by atoms with E-state index in [1.807, 2.05) is 0 Å². The number of nitrogens with one attached hydrogen (secondary N) is 1. The van der Waals surface area contributed by atoms with Crippen molar-refractivity contribution in [2.45, 2.75) is 25.5 Å². The van der Waals surface area contributed by atoms with E-state index >= 15 is 0 Å². The third kappa shape index (κ3) is 3.41. The summed E-state index contributed by atoms with van der Waals surface area (Å²) in [5, 5.41) is 27.7. The molecule has 2 heterocycles. The van der Waals surface area contributed by atoms with Crippen LogP contribution in [-0.2, 0) is 17.7 Å². The van der Waals surface area contributed by atoms with Gasteiger partial charge < -0.3 is 19.5 Å². The number of halogens is 1. The van der Waals surface area contributed by atoms with Gasteiger partial charge in [-0.3, -0.25) is 9.89 Å². The van der Waals surface area contributed by atoms with Crippen LogP contribution in [0.5, 0.6) is 0 Å². The highest BCUT2D eigenvalue weighted by Crippen LogP contribution is 2.26. The highest BCUT2D eigenvalue weighted by atomic mass is 35.5. The van der Waals surface area contributed by atoms with Crippen molar-refractivity contribution in [1.82, 2.24) is 14.8 Å². The van der Waals surface area contributed by atoms with Gasteiger partial charge in [-0.1, -0.05) is 11.6 Å². The van der Waals surface area contributed by atoms with Crippen molar-refractivity contribution >= 4 is 33.4 Å². The summed E-state index contributed by atoms with van der Waals surface area (Å²) in [6.07, 6.45) is -0.0689. The first-order valence-electron chi connectivity index (χ1n) is 8.03. The lowest BCUT2D eigenvalue weighted by molar-refractivity contribution is 0.0847. The number of H-pyrrole nitrogens is 1. The molecule has 1 unspecified atom stereocenters. The number of hydrogen-bond acceptors (Lipinski definition) is 5. The Labute approximate surface area is 148 Å². The van der Waals surface area contributed by atoms with Gasteiger partial charge in [0.1, 0.15) is 5.52 Å². The standard InChI is InChI=1S/C17H20ClN3O4/c1-25-7-5-13-15-16(20-19-13)12-8-10(18)2-3-14(12)21(17(15)24)6-4-11(23)9-22/h2-3,8,11,22-23H,4-7,9H2,1H3,(H,19,20). The lowest BCUT2D eigenvalue weighted by atomic mass is 10.1. The summed E-state index contributed by atoms with van der Waals surface area (Å²) in [5.74, 6) is 0. The Kier molecular flexibility index (Phi) is 5.39. The Morgan fingerprint density at radius 2 is 2.24 bits per heavy atom. The fourth-order valence-corrected chi connectivity index (χ4v) is 3.13. The Balaban J connectivity index is 2.23. The highest BCUT2D eigenvalue weighted by molar-refractivity contribution is 6.31. The third-order valence-electron chi connectivity index (χ3n) is 4.26. The molecule has 7 nitrogen and oxygen atoms in total. The predicted molar refractivity (Wildman–Crippen MR) is 96.2 cm³/mol. The van der Waals surface area contributed by atoms with Crippen LogP contribution in [-0.4, -0.2) is 51.4 Å². The molecule has 1 atom stereocenters. The first-order chi connectivity index (χ1) is 12.1. The number of aromatic nitrogens is 3. The summed E-state index contributed by atoms with van der Waals surface area (Å²) in [4.78, 5) is 13.1. The van der Waals surface area contributed by atoms with Gasteiger partial charge >= 0.3 is 0 Å². The van der Waals surface area contributed by atoms with Gasteiger partial charge in [-0.05, 0) is 24.6 Å². The Bertz CT molecular complexity index is 950. The summed E-state index contributed by atoms with van der Waals surface area (Å²) in [6.45, 7) is 0.405. The van der Waals surface area contributed by atoms with Gasteiger partial charge in [0, 0.05) is 30.5 Å². The molecule has 0 spiro atoms. The van der Waals surface area contributed by atoms with Crippen LogP contribution in [0.2, 0.25) is 5.02 Å². The fourth-order valence-electron chi connectivity index (χ4n) is 2.96. The van der Waals surface area contributed by atoms with Gasteiger partial charge in [0.15, 0.2) is 0 Å². The molecule has 3 rings (SSSR count). The van der Waals surface area contributed by atoms with Crippen LogP contribution in [0, 0.1) is 0 Å². The molecular formula is C17H20ClN3O4. The lowest BCUT2D eigenvalue weighted by Crippen LogP contribution is -2.24. The monoisotopic (exact) mass is 365 g/mol. The van der Waals surface area contributed by atoms with Crippen LogP contribution in [0.15, 0.2) is 23.0 Å². The summed E-state index contributed by atoms with van der Waals surface area (Å²) in [6, 6.07) is 5.26. The van der Waals surface area contributed by atoms with Crippen LogP contribution in [0.1, 0.15) is 12.1 Å². The van der Waals surface area contributed by atoms with E-state index in [2.05, 4.69) is 10.2 Å².